The fourth-order valence-electron chi connectivity index (χ4n) is 1.60. The maximum absolute atomic E-state index is 12.2. The Morgan fingerprint density at radius 3 is 2.58 bits per heavy atom. The predicted octanol–water partition coefficient (Wildman–Crippen LogP) is 2.99. The summed E-state index contributed by atoms with van der Waals surface area (Å²) in [5, 5.41) is 11.8. The Kier molecular flexibility index (Phi) is 4.35. The van der Waals surface area contributed by atoms with E-state index in [9.17, 15) is 8.78 Å². The molecule has 2 aromatic rings. The molecule has 2 rings (SSSR count). The molecule has 0 unspecified atom stereocenters. The number of para-hydroxylation sites is 2. The Balaban J connectivity index is 2.02. The smallest absolute Gasteiger partial charge is 0.387 e. The molecule has 0 saturated heterocycles. The van der Waals surface area contributed by atoms with E-state index in [4.69, 9.17) is 9.52 Å². The van der Waals surface area contributed by atoms with Crippen molar-refractivity contribution in [1.82, 2.24) is 0 Å². The van der Waals surface area contributed by atoms with E-state index in [0.717, 1.165) is 0 Å². The van der Waals surface area contributed by atoms with Crippen LogP contribution < -0.4 is 10.1 Å². The Hall–Kier alpha value is -2.08. The summed E-state index contributed by atoms with van der Waals surface area (Å²) in [4.78, 5) is 0. The van der Waals surface area contributed by atoms with Gasteiger partial charge in [0.15, 0.2) is 0 Å². The molecule has 0 aliphatic rings. The van der Waals surface area contributed by atoms with Gasteiger partial charge in [-0.05, 0) is 24.3 Å². The minimum atomic E-state index is -2.87. The Bertz CT molecular complexity index is 528. The largest absolute Gasteiger partial charge is 0.462 e. The van der Waals surface area contributed by atoms with Gasteiger partial charge in [-0.1, -0.05) is 12.1 Å². The van der Waals surface area contributed by atoms with Crippen LogP contribution in [0.5, 0.6) is 5.75 Å². The molecule has 102 valence electrons. The SMILES string of the molecule is OCc1ccc(CNc2ccccc2OC(F)F)o1. The average molecular weight is 269 g/mol. The Morgan fingerprint density at radius 2 is 1.89 bits per heavy atom. The summed E-state index contributed by atoms with van der Waals surface area (Å²) in [7, 11) is 0. The van der Waals surface area contributed by atoms with Crippen molar-refractivity contribution in [2.75, 3.05) is 5.32 Å². The molecule has 0 spiro atoms. The number of aliphatic hydroxyl groups excluding tert-OH is 1. The first-order chi connectivity index (χ1) is 9.19. The second-order valence-electron chi connectivity index (χ2n) is 3.75. The predicted molar refractivity (Wildman–Crippen MR) is 65.0 cm³/mol. The highest BCUT2D eigenvalue weighted by molar-refractivity contribution is 5.56. The van der Waals surface area contributed by atoms with E-state index < -0.39 is 6.61 Å². The summed E-state index contributed by atoms with van der Waals surface area (Å²) in [6, 6.07) is 9.76. The van der Waals surface area contributed by atoms with Gasteiger partial charge in [0.05, 0.1) is 12.2 Å². The zero-order valence-electron chi connectivity index (χ0n) is 9.98. The van der Waals surface area contributed by atoms with Crippen LogP contribution in [0.2, 0.25) is 0 Å². The van der Waals surface area contributed by atoms with Gasteiger partial charge in [0.25, 0.3) is 0 Å². The molecule has 0 fully saturated rings. The third kappa shape index (κ3) is 3.69. The average Bonchev–Trinajstić information content (AvgIpc) is 2.85. The standard InChI is InChI=1S/C13H13F2NO3/c14-13(15)19-12-4-2-1-3-11(12)16-7-9-5-6-10(8-17)18-9/h1-6,13,16-17H,7-8H2. The van der Waals surface area contributed by atoms with Crippen LogP contribution in [0.15, 0.2) is 40.8 Å². The van der Waals surface area contributed by atoms with Gasteiger partial charge < -0.3 is 19.6 Å². The number of benzene rings is 1. The third-order valence-electron chi connectivity index (χ3n) is 2.43. The molecule has 0 aliphatic carbocycles. The summed E-state index contributed by atoms with van der Waals surface area (Å²) in [6.07, 6.45) is 0. The number of alkyl halides is 2. The molecule has 6 heteroatoms. The minimum absolute atomic E-state index is 0.0754. The van der Waals surface area contributed by atoms with Gasteiger partial charge in [-0.3, -0.25) is 0 Å². The zero-order chi connectivity index (χ0) is 13.7. The number of nitrogens with one attached hydrogen (secondary N) is 1. The van der Waals surface area contributed by atoms with Gasteiger partial charge in [0.2, 0.25) is 0 Å². The topological polar surface area (TPSA) is 54.6 Å². The van der Waals surface area contributed by atoms with Crippen LogP contribution in [-0.2, 0) is 13.2 Å². The van der Waals surface area contributed by atoms with E-state index >= 15 is 0 Å². The maximum Gasteiger partial charge on any atom is 0.387 e. The van der Waals surface area contributed by atoms with Crippen molar-refractivity contribution in [3.63, 3.8) is 0 Å². The quantitative estimate of drug-likeness (QED) is 0.846. The lowest BCUT2D eigenvalue weighted by molar-refractivity contribution is -0.0493. The van der Waals surface area contributed by atoms with Crippen molar-refractivity contribution in [2.24, 2.45) is 0 Å². The van der Waals surface area contributed by atoms with Gasteiger partial charge in [-0.15, -0.1) is 0 Å². The summed E-state index contributed by atoms with van der Waals surface area (Å²) in [5.74, 6) is 1.12. The lowest BCUT2D eigenvalue weighted by Crippen LogP contribution is -2.06. The van der Waals surface area contributed by atoms with Crippen molar-refractivity contribution in [3.8, 4) is 5.75 Å². The number of ether oxygens (including phenoxy) is 1. The van der Waals surface area contributed by atoms with E-state index in [1.165, 1.54) is 6.07 Å². The normalized spacial score (nSPS) is 10.7. The van der Waals surface area contributed by atoms with Crippen LogP contribution in [0.1, 0.15) is 11.5 Å². The number of hydrogen-bond donors (Lipinski definition) is 2. The zero-order valence-corrected chi connectivity index (χ0v) is 9.98. The Labute approximate surface area is 108 Å². The number of hydrogen-bond acceptors (Lipinski definition) is 4. The van der Waals surface area contributed by atoms with Crippen molar-refractivity contribution in [2.45, 2.75) is 19.8 Å². The molecule has 19 heavy (non-hydrogen) atoms. The van der Waals surface area contributed by atoms with Gasteiger partial charge in [-0.2, -0.15) is 8.78 Å². The highest BCUT2D eigenvalue weighted by Crippen LogP contribution is 2.26. The monoisotopic (exact) mass is 269 g/mol. The summed E-state index contributed by atoms with van der Waals surface area (Å²) in [6.45, 7) is -2.73. The number of rotatable bonds is 6. The van der Waals surface area contributed by atoms with Crippen molar-refractivity contribution < 1.29 is 23.0 Å². The Morgan fingerprint density at radius 1 is 1.16 bits per heavy atom. The van der Waals surface area contributed by atoms with E-state index in [1.807, 2.05) is 0 Å². The van der Waals surface area contributed by atoms with Crippen LogP contribution in [-0.4, -0.2) is 11.7 Å². The number of furan rings is 1. The molecule has 0 amide bonds. The third-order valence-corrected chi connectivity index (χ3v) is 2.43. The van der Waals surface area contributed by atoms with Crippen molar-refractivity contribution in [1.29, 1.82) is 0 Å². The second-order valence-corrected chi connectivity index (χ2v) is 3.75. The first-order valence-corrected chi connectivity index (χ1v) is 5.65. The van der Waals surface area contributed by atoms with Gasteiger partial charge in [0.1, 0.15) is 23.9 Å². The fourth-order valence-corrected chi connectivity index (χ4v) is 1.60. The molecule has 1 aromatic carbocycles. The van der Waals surface area contributed by atoms with Crippen LogP contribution in [0.25, 0.3) is 0 Å². The van der Waals surface area contributed by atoms with E-state index in [1.54, 1.807) is 30.3 Å². The molecule has 1 heterocycles. The molecule has 0 bridgehead atoms. The highest BCUT2D eigenvalue weighted by atomic mass is 19.3. The summed E-state index contributed by atoms with van der Waals surface area (Å²) < 4.78 is 34.1. The maximum atomic E-state index is 12.2. The summed E-state index contributed by atoms with van der Waals surface area (Å²) >= 11 is 0. The van der Waals surface area contributed by atoms with E-state index in [-0.39, 0.29) is 12.4 Å². The van der Waals surface area contributed by atoms with Crippen LogP contribution in [0, 0.1) is 0 Å². The second kappa shape index (κ2) is 6.19. The van der Waals surface area contributed by atoms with Crippen molar-refractivity contribution >= 4 is 5.69 Å². The molecular formula is C13H13F2NO3. The molecule has 0 radical (unpaired) electrons. The number of halogens is 2. The van der Waals surface area contributed by atoms with Crippen LogP contribution in [0.4, 0.5) is 14.5 Å². The molecular weight excluding hydrogens is 256 g/mol. The van der Waals surface area contributed by atoms with Gasteiger partial charge >= 0.3 is 6.61 Å². The van der Waals surface area contributed by atoms with E-state index in [2.05, 4.69) is 10.1 Å². The first-order valence-electron chi connectivity index (χ1n) is 5.65. The first kappa shape index (κ1) is 13.4. The summed E-state index contributed by atoms with van der Waals surface area (Å²) in [5.41, 5.74) is 0.449. The van der Waals surface area contributed by atoms with Crippen LogP contribution in [0.3, 0.4) is 0 Å². The molecule has 0 atom stereocenters. The molecule has 0 saturated carbocycles. The van der Waals surface area contributed by atoms with Crippen molar-refractivity contribution in [3.05, 3.63) is 47.9 Å². The lowest BCUT2D eigenvalue weighted by Gasteiger charge is -2.11. The van der Waals surface area contributed by atoms with Gasteiger partial charge in [0, 0.05) is 0 Å². The highest BCUT2D eigenvalue weighted by Gasteiger charge is 2.09. The van der Waals surface area contributed by atoms with Gasteiger partial charge in [-0.25, -0.2) is 0 Å². The number of aliphatic hydroxyl groups is 1. The molecule has 4 nitrogen and oxygen atoms in total. The van der Waals surface area contributed by atoms with E-state index in [0.29, 0.717) is 23.8 Å². The lowest BCUT2D eigenvalue weighted by atomic mass is 10.3. The fraction of sp³-hybridized carbons (Fsp3) is 0.231. The number of anilines is 1. The molecule has 0 aliphatic heterocycles. The molecule has 1 aromatic heterocycles. The van der Waals surface area contributed by atoms with Crippen LogP contribution >= 0.6 is 0 Å². The minimum Gasteiger partial charge on any atom is -0.462 e. The molecule has 2 N–H and O–H groups in total.